The molecule has 0 aromatic carbocycles. The molecule has 1 fully saturated rings. The Morgan fingerprint density at radius 3 is 2.64 bits per heavy atom. The largest absolute Gasteiger partial charge is 0.465 e. The number of carbonyl (C=O) groups excluding carboxylic acids is 2. The summed E-state index contributed by atoms with van der Waals surface area (Å²) in [6, 6.07) is 0.303. The first-order chi connectivity index (χ1) is 10.2. The minimum atomic E-state index is -0.474. The number of amides is 1. The molecule has 0 spiro atoms. The molecule has 1 heterocycles. The summed E-state index contributed by atoms with van der Waals surface area (Å²) in [7, 11) is 0. The molecule has 2 atom stereocenters. The second-order valence-electron chi connectivity index (χ2n) is 6.79. The minimum absolute atomic E-state index is 0.137. The van der Waals surface area contributed by atoms with Gasteiger partial charge in [-0.1, -0.05) is 0 Å². The highest BCUT2D eigenvalue weighted by Crippen LogP contribution is 2.23. The van der Waals surface area contributed by atoms with E-state index < -0.39 is 5.60 Å². The third kappa shape index (κ3) is 6.64. The molecule has 1 rings (SSSR count). The molecule has 128 valence electrons. The Bertz CT molecular complexity index is 379. The van der Waals surface area contributed by atoms with Gasteiger partial charge < -0.3 is 19.7 Å². The standard InChI is InChI=1S/C16H30N2O4/c1-6-21-14(19)11-17-12(2)10-13-8-7-9-18(13)15(20)22-16(3,4)5/h12-13,17H,6-11H2,1-5H3. The third-order valence-corrected chi connectivity index (χ3v) is 3.53. The van der Waals surface area contributed by atoms with E-state index in [0.717, 1.165) is 25.8 Å². The van der Waals surface area contributed by atoms with Crippen molar-refractivity contribution in [2.75, 3.05) is 19.7 Å². The van der Waals surface area contributed by atoms with Crippen LogP contribution < -0.4 is 5.32 Å². The van der Waals surface area contributed by atoms with Crippen LogP contribution in [0.25, 0.3) is 0 Å². The lowest BCUT2D eigenvalue weighted by molar-refractivity contribution is -0.142. The molecule has 1 amide bonds. The Kier molecular flexibility index (Phi) is 7.13. The number of likely N-dealkylation sites (tertiary alicyclic amines) is 1. The zero-order valence-corrected chi connectivity index (χ0v) is 14.5. The summed E-state index contributed by atoms with van der Waals surface area (Å²) < 4.78 is 10.3. The van der Waals surface area contributed by atoms with Crippen LogP contribution in [0.2, 0.25) is 0 Å². The van der Waals surface area contributed by atoms with E-state index in [1.165, 1.54) is 0 Å². The number of rotatable bonds is 6. The molecule has 1 saturated heterocycles. The fourth-order valence-electron chi connectivity index (χ4n) is 2.60. The monoisotopic (exact) mass is 314 g/mol. The van der Waals surface area contributed by atoms with Gasteiger partial charge in [-0.15, -0.1) is 0 Å². The highest BCUT2D eigenvalue weighted by Gasteiger charge is 2.32. The lowest BCUT2D eigenvalue weighted by atomic mass is 10.1. The number of hydrogen-bond acceptors (Lipinski definition) is 5. The van der Waals surface area contributed by atoms with Gasteiger partial charge >= 0.3 is 12.1 Å². The van der Waals surface area contributed by atoms with Crippen LogP contribution in [0.5, 0.6) is 0 Å². The van der Waals surface area contributed by atoms with Crippen molar-refractivity contribution in [1.29, 1.82) is 0 Å². The molecule has 2 unspecified atom stereocenters. The van der Waals surface area contributed by atoms with Crippen molar-refractivity contribution in [2.24, 2.45) is 0 Å². The van der Waals surface area contributed by atoms with E-state index >= 15 is 0 Å². The summed E-state index contributed by atoms with van der Waals surface area (Å²) in [6.07, 6.45) is 2.53. The van der Waals surface area contributed by atoms with Crippen LogP contribution in [0.3, 0.4) is 0 Å². The molecule has 0 aliphatic carbocycles. The molecule has 1 aliphatic rings. The van der Waals surface area contributed by atoms with Crippen LogP contribution in [-0.2, 0) is 14.3 Å². The second kappa shape index (κ2) is 8.36. The smallest absolute Gasteiger partial charge is 0.410 e. The first-order valence-corrected chi connectivity index (χ1v) is 8.11. The van der Waals surface area contributed by atoms with Gasteiger partial charge in [0.25, 0.3) is 0 Å². The average molecular weight is 314 g/mol. The molecule has 0 saturated carbocycles. The molecular formula is C16H30N2O4. The van der Waals surface area contributed by atoms with Crippen LogP contribution in [-0.4, -0.2) is 54.3 Å². The van der Waals surface area contributed by atoms with Crippen LogP contribution in [0, 0.1) is 0 Å². The van der Waals surface area contributed by atoms with E-state index in [2.05, 4.69) is 5.32 Å². The average Bonchev–Trinajstić information content (AvgIpc) is 2.83. The maximum Gasteiger partial charge on any atom is 0.410 e. The predicted molar refractivity (Wildman–Crippen MR) is 84.7 cm³/mol. The second-order valence-corrected chi connectivity index (χ2v) is 6.79. The number of ether oxygens (including phenoxy) is 2. The van der Waals surface area contributed by atoms with Gasteiger partial charge in [0.05, 0.1) is 13.2 Å². The van der Waals surface area contributed by atoms with Crippen molar-refractivity contribution in [3.8, 4) is 0 Å². The molecule has 6 heteroatoms. The molecule has 0 radical (unpaired) electrons. The van der Waals surface area contributed by atoms with Gasteiger partial charge in [-0.2, -0.15) is 0 Å². The Labute approximate surface area is 133 Å². The molecule has 22 heavy (non-hydrogen) atoms. The molecule has 6 nitrogen and oxygen atoms in total. The number of carbonyl (C=O) groups is 2. The van der Waals surface area contributed by atoms with Crippen molar-refractivity contribution >= 4 is 12.1 Å². The molecular weight excluding hydrogens is 284 g/mol. The topological polar surface area (TPSA) is 67.9 Å². The quantitative estimate of drug-likeness (QED) is 0.762. The number of hydrogen-bond donors (Lipinski definition) is 1. The van der Waals surface area contributed by atoms with Gasteiger partial charge in [0.2, 0.25) is 0 Å². The first-order valence-electron chi connectivity index (χ1n) is 8.11. The van der Waals surface area contributed by atoms with Crippen molar-refractivity contribution in [3.63, 3.8) is 0 Å². The summed E-state index contributed by atoms with van der Waals surface area (Å²) in [6.45, 7) is 10.8. The molecule has 0 aromatic heterocycles. The van der Waals surface area contributed by atoms with Crippen LogP contribution in [0.4, 0.5) is 4.79 Å². The van der Waals surface area contributed by atoms with Crippen molar-refractivity contribution < 1.29 is 19.1 Å². The van der Waals surface area contributed by atoms with Gasteiger partial charge in [-0.25, -0.2) is 4.79 Å². The van der Waals surface area contributed by atoms with E-state index in [9.17, 15) is 9.59 Å². The first kappa shape index (κ1) is 18.7. The number of nitrogens with zero attached hydrogens (tertiary/aromatic N) is 1. The van der Waals surface area contributed by atoms with Gasteiger partial charge in [-0.05, 0) is 53.9 Å². The number of nitrogens with one attached hydrogen (secondary N) is 1. The van der Waals surface area contributed by atoms with Gasteiger partial charge in [-0.3, -0.25) is 4.79 Å². The van der Waals surface area contributed by atoms with Crippen LogP contribution >= 0.6 is 0 Å². The van der Waals surface area contributed by atoms with Crippen molar-refractivity contribution in [3.05, 3.63) is 0 Å². The third-order valence-electron chi connectivity index (χ3n) is 3.53. The zero-order chi connectivity index (χ0) is 16.8. The van der Waals surface area contributed by atoms with E-state index in [1.54, 1.807) is 6.92 Å². The fourth-order valence-corrected chi connectivity index (χ4v) is 2.60. The molecule has 1 aliphatic heterocycles. The molecule has 1 N–H and O–H groups in total. The number of esters is 1. The Hall–Kier alpha value is -1.30. The van der Waals surface area contributed by atoms with Gasteiger partial charge in [0, 0.05) is 18.6 Å². The fraction of sp³-hybridized carbons (Fsp3) is 0.875. The summed E-state index contributed by atoms with van der Waals surface area (Å²) >= 11 is 0. The van der Waals surface area contributed by atoms with Crippen LogP contribution in [0.1, 0.15) is 53.9 Å². The lowest BCUT2D eigenvalue weighted by Gasteiger charge is -2.30. The van der Waals surface area contributed by atoms with E-state index in [4.69, 9.17) is 9.47 Å². The summed E-state index contributed by atoms with van der Waals surface area (Å²) in [4.78, 5) is 25.4. The highest BCUT2D eigenvalue weighted by atomic mass is 16.6. The Morgan fingerprint density at radius 1 is 1.36 bits per heavy atom. The highest BCUT2D eigenvalue weighted by molar-refractivity contribution is 5.71. The van der Waals surface area contributed by atoms with E-state index in [-0.39, 0.29) is 30.7 Å². The summed E-state index contributed by atoms with van der Waals surface area (Å²) in [5.74, 6) is -0.246. The zero-order valence-electron chi connectivity index (χ0n) is 14.5. The Morgan fingerprint density at radius 2 is 2.05 bits per heavy atom. The molecule has 0 bridgehead atoms. The van der Waals surface area contributed by atoms with Gasteiger partial charge in [0.1, 0.15) is 5.60 Å². The summed E-state index contributed by atoms with van der Waals surface area (Å²) in [5.41, 5.74) is -0.474. The maximum absolute atomic E-state index is 12.2. The minimum Gasteiger partial charge on any atom is -0.465 e. The maximum atomic E-state index is 12.2. The molecule has 0 aromatic rings. The van der Waals surface area contributed by atoms with Crippen molar-refractivity contribution in [1.82, 2.24) is 10.2 Å². The summed E-state index contributed by atoms with van der Waals surface area (Å²) in [5, 5.41) is 3.15. The lowest BCUT2D eigenvalue weighted by Crippen LogP contribution is -2.43. The SMILES string of the molecule is CCOC(=O)CNC(C)CC1CCCN1C(=O)OC(C)(C)C. The normalized spacial score (nSPS) is 19.9. The predicted octanol–water partition coefficient (Wildman–Crippen LogP) is 2.32. The van der Waals surface area contributed by atoms with Crippen molar-refractivity contribution in [2.45, 2.75) is 71.6 Å². The van der Waals surface area contributed by atoms with E-state index in [1.807, 2.05) is 32.6 Å². The Balaban J connectivity index is 2.43. The van der Waals surface area contributed by atoms with E-state index in [0.29, 0.717) is 6.61 Å². The van der Waals surface area contributed by atoms with Crippen LogP contribution in [0.15, 0.2) is 0 Å². The van der Waals surface area contributed by atoms with Gasteiger partial charge in [0.15, 0.2) is 0 Å².